The number of aliphatic imine (C=N–C) groups is 1. The van der Waals surface area contributed by atoms with Crippen LogP contribution < -0.4 is 5.32 Å². The zero-order chi connectivity index (χ0) is 10.9. The summed E-state index contributed by atoms with van der Waals surface area (Å²) in [7, 11) is 0. The van der Waals surface area contributed by atoms with E-state index < -0.39 is 17.2 Å². The maximum Gasteiger partial charge on any atom is 0.260 e. The summed E-state index contributed by atoms with van der Waals surface area (Å²) in [5.41, 5.74) is 0. The van der Waals surface area contributed by atoms with Gasteiger partial charge in [0.15, 0.2) is 0 Å². The fraction of sp³-hybridized carbons (Fsp3) is 0.667. The molecule has 78 valence electrons. The van der Waals surface area contributed by atoms with E-state index in [1.165, 1.54) is 0 Å². The molecule has 14 heavy (non-hydrogen) atoms. The molecule has 0 aromatic rings. The molecule has 2 unspecified atom stereocenters. The number of alkyl halides is 1. The second kappa shape index (κ2) is 4.09. The Kier molecular flexibility index (Phi) is 3.26. The number of nitrogens with zero attached hydrogens (tertiary/aromatic N) is 1. The highest BCUT2D eigenvalue weighted by Gasteiger charge is 2.35. The molecule has 2 amide bonds. The lowest BCUT2D eigenvalue weighted by Gasteiger charge is -2.23. The molecule has 0 aromatic heterocycles. The van der Waals surface area contributed by atoms with Crippen molar-refractivity contribution in [3.8, 4) is 0 Å². The molecule has 0 fully saturated rings. The molecular formula is C9H13ClN2O2. The predicted octanol–water partition coefficient (Wildman–Crippen LogP) is 0.941. The zero-order valence-corrected chi connectivity index (χ0v) is 9.13. The van der Waals surface area contributed by atoms with Gasteiger partial charge in [-0.2, -0.15) is 4.99 Å². The first-order valence-electron chi connectivity index (χ1n) is 4.51. The van der Waals surface area contributed by atoms with Gasteiger partial charge in [0.25, 0.3) is 5.91 Å². The summed E-state index contributed by atoms with van der Waals surface area (Å²) in [5, 5.41) is 2.09. The molecule has 1 heterocycles. The number of hydrogen-bond donors (Lipinski definition) is 1. The molecule has 1 aliphatic heterocycles. The minimum atomic E-state index is -0.672. The van der Waals surface area contributed by atoms with Crippen molar-refractivity contribution in [3.05, 3.63) is 0 Å². The summed E-state index contributed by atoms with van der Waals surface area (Å²) < 4.78 is 0. The Morgan fingerprint density at radius 1 is 1.36 bits per heavy atom. The first-order chi connectivity index (χ1) is 6.43. The topological polar surface area (TPSA) is 58.5 Å². The van der Waals surface area contributed by atoms with Gasteiger partial charge in [0.05, 0.1) is 5.38 Å². The Hall–Kier alpha value is -0.900. The van der Waals surface area contributed by atoms with Crippen molar-refractivity contribution in [2.45, 2.75) is 26.1 Å². The van der Waals surface area contributed by atoms with Crippen LogP contribution in [0, 0.1) is 11.8 Å². The first-order valence-corrected chi connectivity index (χ1v) is 4.94. The third-order valence-electron chi connectivity index (χ3n) is 2.07. The summed E-state index contributed by atoms with van der Waals surface area (Å²) >= 11 is 5.72. The van der Waals surface area contributed by atoms with Gasteiger partial charge in [-0.3, -0.25) is 9.59 Å². The summed E-state index contributed by atoms with van der Waals surface area (Å²) in [6.45, 7) is 5.28. The van der Waals surface area contributed by atoms with Crippen LogP contribution in [0.2, 0.25) is 0 Å². The number of nitrogens with one attached hydrogen (secondary N) is 1. The lowest BCUT2D eigenvalue weighted by atomic mass is 9.93. The van der Waals surface area contributed by atoms with Gasteiger partial charge in [-0.25, -0.2) is 0 Å². The minimum Gasteiger partial charge on any atom is -0.312 e. The van der Waals surface area contributed by atoms with Gasteiger partial charge in [-0.05, 0) is 12.8 Å². The monoisotopic (exact) mass is 216 g/mol. The maximum atomic E-state index is 11.5. The van der Waals surface area contributed by atoms with Crippen molar-refractivity contribution in [1.82, 2.24) is 5.32 Å². The van der Waals surface area contributed by atoms with E-state index in [0.717, 1.165) is 0 Å². The van der Waals surface area contributed by atoms with E-state index in [0.29, 0.717) is 0 Å². The predicted molar refractivity (Wildman–Crippen MR) is 54.2 cm³/mol. The third kappa shape index (κ3) is 2.12. The van der Waals surface area contributed by atoms with Gasteiger partial charge in [0.2, 0.25) is 5.91 Å². The van der Waals surface area contributed by atoms with Gasteiger partial charge in [0, 0.05) is 0 Å². The second-order valence-corrected chi connectivity index (χ2v) is 4.32. The van der Waals surface area contributed by atoms with Crippen molar-refractivity contribution in [2.24, 2.45) is 16.8 Å². The fourth-order valence-corrected chi connectivity index (χ4v) is 1.41. The van der Waals surface area contributed by atoms with E-state index in [1.807, 2.05) is 13.8 Å². The van der Waals surface area contributed by atoms with Crippen molar-refractivity contribution < 1.29 is 9.59 Å². The molecule has 0 saturated heterocycles. The second-order valence-electron chi connectivity index (χ2n) is 3.66. The number of hydrogen-bond acceptors (Lipinski definition) is 2. The smallest absolute Gasteiger partial charge is 0.260 e. The minimum absolute atomic E-state index is 0.0431. The van der Waals surface area contributed by atoms with Crippen LogP contribution in [0.3, 0.4) is 0 Å². The zero-order valence-electron chi connectivity index (χ0n) is 8.37. The van der Waals surface area contributed by atoms with Crippen LogP contribution in [-0.2, 0) is 9.59 Å². The Morgan fingerprint density at radius 2 is 1.93 bits per heavy atom. The quantitative estimate of drug-likeness (QED) is 0.552. The van der Waals surface area contributed by atoms with Crippen molar-refractivity contribution in [2.75, 3.05) is 0 Å². The van der Waals surface area contributed by atoms with Crippen molar-refractivity contribution in [3.63, 3.8) is 0 Å². The van der Waals surface area contributed by atoms with E-state index in [4.69, 9.17) is 11.6 Å². The van der Waals surface area contributed by atoms with Gasteiger partial charge in [-0.15, -0.1) is 11.6 Å². The molecule has 0 aliphatic carbocycles. The van der Waals surface area contributed by atoms with Gasteiger partial charge >= 0.3 is 0 Å². The van der Waals surface area contributed by atoms with E-state index in [-0.39, 0.29) is 17.7 Å². The molecule has 1 aliphatic rings. The molecule has 1 N–H and O–H groups in total. The van der Waals surface area contributed by atoms with Crippen LogP contribution in [0.5, 0.6) is 0 Å². The maximum absolute atomic E-state index is 11.5. The normalized spacial score (nSPS) is 24.6. The Morgan fingerprint density at radius 3 is 2.29 bits per heavy atom. The summed E-state index contributed by atoms with van der Waals surface area (Å²) in [5.74, 6) is -1.17. The standard InChI is InChI=1S/C9H13ClN2O2/c1-4(2)6-8(13)11-7(5(3)10)12-9(6)14/h4-6H,1-3H3,(H,11,12,13,14). The number of carbonyl (C=O) groups is 2. The molecule has 1 rings (SSSR count). The SMILES string of the molecule is CC(Cl)C1=NC(=O)C(C(C)C)C(=O)N1. The lowest BCUT2D eigenvalue weighted by molar-refractivity contribution is -0.135. The molecule has 0 radical (unpaired) electrons. The van der Waals surface area contributed by atoms with Crippen LogP contribution in [0.4, 0.5) is 0 Å². The van der Waals surface area contributed by atoms with Crippen molar-refractivity contribution in [1.29, 1.82) is 0 Å². The molecule has 2 atom stereocenters. The van der Waals surface area contributed by atoms with Crippen LogP contribution in [0.1, 0.15) is 20.8 Å². The highest BCUT2D eigenvalue weighted by atomic mass is 35.5. The van der Waals surface area contributed by atoms with Crippen LogP contribution in [-0.4, -0.2) is 23.0 Å². The summed E-state index contributed by atoms with van der Waals surface area (Å²) in [6, 6.07) is 0. The van der Waals surface area contributed by atoms with Crippen LogP contribution in [0.25, 0.3) is 0 Å². The van der Waals surface area contributed by atoms with Gasteiger partial charge in [-0.1, -0.05) is 13.8 Å². The van der Waals surface area contributed by atoms with E-state index in [1.54, 1.807) is 6.92 Å². The largest absolute Gasteiger partial charge is 0.312 e. The fourth-order valence-electron chi connectivity index (χ4n) is 1.31. The number of halogens is 1. The Labute approximate surface area is 87.7 Å². The average molecular weight is 217 g/mol. The Bertz CT molecular complexity index is 297. The highest BCUT2D eigenvalue weighted by molar-refractivity contribution is 6.34. The molecular weight excluding hydrogens is 204 g/mol. The summed E-state index contributed by atoms with van der Waals surface area (Å²) in [6.07, 6.45) is 0. The average Bonchev–Trinajstić information content (AvgIpc) is 2.01. The summed E-state index contributed by atoms with van der Waals surface area (Å²) in [4.78, 5) is 26.7. The lowest BCUT2D eigenvalue weighted by Crippen LogP contribution is -2.48. The molecule has 5 heteroatoms. The number of carbonyl (C=O) groups excluding carboxylic acids is 2. The van der Waals surface area contributed by atoms with Crippen molar-refractivity contribution >= 4 is 29.3 Å². The number of amidine groups is 1. The molecule has 0 saturated carbocycles. The van der Waals surface area contributed by atoms with Crippen LogP contribution in [0.15, 0.2) is 4.99 Å². The molecule has 0 aromatic carbocycles. The molecule has 0 bridgehead atoms. The van der Waals surface area contributed by atoms with Crippen LogP contribution >= 0.6 is 11.6 Å². The van der Waals surface area contributed by atoms with E-state index in [9.17, 15) is 9.59 Å². The first kappa shape index (κ1) is 11.2. The van der Waals surface area contributed by atoms with E-state index >= 15 is 0 Å². The number of amides is 2. The van der Waals surface area contributed by atoms with Gasteiger partial charge in [0.1, 0.15) is 11.8 Å². The number of rotatable bonds is 2. The molecule has 0 spiro atoms. The Balaban J connectivity index is 2.92. The highest BCUT2D eigenvalue weighted by Crippen LogP contribution is 2.17. The van der Waals surface area contributed by atoms with Gasteiger partial charge < -0.3 is 5.32 Å². The third-order valence-corrected chi connectivity index (χ3v) is 2.28. The molecule has 4 nitrogen and oxygen atoms in total. The van der Waals surface area contributed by atoms with E-state index in [2.05, 4.69) is 10.3 Å².